The number of aliphatic hydroxyl groups is 1. The van der Waals surface area contributed by atoms with Gasteiger partial charge in [-0.3, -0.25) is 9.69 Å². The highest BCUT2D eigenvalue weighted by Crippen LogP contribution is 2.18. The van der Waals surface area contributed by atoms with E-state index in [-0.39, 0.29) is 36.6 Å². The van der Waals surface area contributed by atoms with E-state index in [1.165, 1.54) is 0 Å². The number of ether oxygens (including phenoxy) is 1. The summed E-state index contributed by atoms with van der Waals surface area (Å²) in [5.41, 5.74) is 0. The van der Waals surface area contributed by atoms with Gasteiger partial charge in [0.05, 0.1) is 55.3 Å². The molecule has 1 amide bonds. The van der Waals surface area contributed by atoms with E-state index in [4.69, 9.17) is 16.3 Å². The minimum Gasteiger partial charge on any atom is -0.395 e. The number of hydrogen-bond acceptors (Lipinski definition) is 6. The lowest BCUT2D eigenvalue weighted by Crippen LogP contribution is -2.53. The number of amides is 1. The Labute approximate surface area is 123 Å². The summed E-state index contributed by atoms with van der Waals surface area (Å²) in [5.74, 6) is -0.492. The second-order valence-corrected chi connectivity index (χ2v) is 7.86. The molecule has 116 valence electrons. The third kappa shape index (κ3) is 4.05. The Bertz CT molecular complexity index is 458. The van der Waals surface area contributed by atoms with E-state index >= 15 is 0 Å². The monoisotopic (exact) mass is 326 g/mol. The molecule has 2 rings (SSSR count). The minimum atomic E-state index is -3.16. The molecule has 0 spiro atoms. The van der Waals surface area contributed by atoms with Gasteiger partial charge in [-0.25, -0.2) is 8.42 Å². The van der Waals surface area contributed by atoms with Crippen molar-refractivity contribution < 1.29 is 23.1 Å². The molecule has 2 N–H and O–H groups in total. The molecule has 9 heteroatoms. The molecule has 2 fully saturated rings. The Morgan fingerprint density at radius 1 is 1.45 bits per heavy atom. The Hall–Kier alpha value is -0.410. The van der Waals surface area contributed by atoms with Gasteiger partial charge in [0.15, 0.2) is 9.84 Å². The molecule has 2 aliphatic rings. The molecule has 0 radical (unpaired) electrons. The van der Waals surface area contributed by atoms with Crippen LogP contribution in [0.25, 0.3) is 0 Å². The zero-order chi connectivity index (χ0) is 14.8. The van der Waals surface area contributed by atoms with Crippen LogP contribution in [0.2, 0.25) is 0 Å². The van der Waals surface area contributed by atoms with E-state index in [1.54, 1.807) is 0 Å². The van der Waals surface area contributed by atoms with E-state index in [0.29, 0.717) is 19.8 Å². The molecule has 3 atom stereocenters. The predicted octanol–water partition coefficient (Wildman–Crippen LogP) is -1.80. The van der Waals surface area contributed by atoms with Crippen LogP contribution in [-0.2, 0) is 19.4 Å². The SMILES string of the molecule is O=C(CN1CCOCC1CO)NC1CS(=O)(=O)CC1Cl. The number of sulfone groups is 1. The van der Waals surface area contributed by atoms with E-state index in [1.807, 2.05) is 4.90 Å². The van der Waals surface area contributed by atoms with E-state index < -0.39 is 21.3 Å². The normalized spacial score (nSPS) is 34.0. The Morgan fingerprint density at radius 3 is 2.80 bits per heavy atom. The molecule has 2 aliphatic heterocycles. The quantitative estimate of drug-likeness (QED) is 0.592. The standard InChI is InChI=1S/C11H19ClN2O5S/c12-9-6-20(17,18)7-10(9)13-11(16)3-14-1-2-19-5-8(14)4-15/h8-10,15H,1-7H2,(H,13,16). The third-order valence-corrected chi connectivity index (χ3v) is 5.91. The molecular formula is C11H19ClN2O5S. The molecule has 2 saturated heterocycles. The van der Waals surface area contributed by atoms with Crippen LogP contribution in [0, 0.1) is 0 Å². The number of carbonyl (C=O) groups is 1. The van der Waals surface area contributed by atoms with Gasteiger partial charge in [-0.05, 0) is 0 Å². The van der Waals surface area contributed by atoms with Gasteiger partial charge in [-0.1, -0.05) is 0 Å². The van der Waals surface area contributed by atoms with Crippen LogP contribution in [-0.4, -0.2) is 86.2 Å². The van der Waals surface area contributed by atoms with E-state index in [2.05, 4.69) is 5.32 Å². The molecule has 2 heterocycles. The molecule has 0 aromatic heterocycles. The van der Waals surface area contributed by atoms with E-state index in [0.717, 1.165) is 0 Å². The maximum absolute atomic E-state index is 12.0. The number of carbonyl (C=O) groups excluding carboxylic acids is 1. The molecule has 0 saturated carbocycles. The van der Waals surface area contributed by atoms with Gasteiger partial charge in [0.25, 0.3) is 0 Å². The summed E-state index contributed by atoms with van der Waals surface area (Å²) >= 11 is 5.94. The lowest BCUT2D eigenvalue weighted by Gasteiger charge is -2.34. The zero-order valence-corrected chi connectivity index (χ0v) is 12.6. The Morgan fingerprint density at radius 2 is 2.20 bits per heavy atom. The van der Waals surface area contributed by atoms with Gasteiger partial charge in [-0.15, -0.1) is 11.6 Å². The van der Waals surface area contributed by atoms with Crippen LogP contribution < -0.4 is 5.32 Å². The first kappa shape index (κ1) is 16.0. The maximum atomic E-state index is 12.0. The van der Waals surface area contributed by atoms with Gasteiger partial charge in [0.1, 0.15) is 0 Å². The highest BCUT2D eigenvalue weighted by Gasteiger charge is 2.37. The zero-order valence-electron chi connectivity index (χ0n) is 11.0. The number of halogens is 1. The van der Waals surface area contributed by atoms with Crippen molar-refractivity contribution >= 4 is 27.3 Å². The number of nitrogens with zero attached hydrogens (tertiary/aromatic N) is 1. The molecule has 3 unspecified atom stereocenters. The van der Waals surface area contributed by atoms with Crippen LogP contribution in [0.3, 0.4) is 0 Å². The highest BCUT2D eigenvalue weighted by molar-refractivity contribution is 7.91. The summed E-state index contributed by atoms with van der Waals surface area (Å²) < 4.78 is 28.1. The molecular weight excluding hydrogens is 308 g/mol. The summed E-state index contributed by atoms with van der Waals surface area (Å²) in [5, 5.41) is 11.3. The number of aliphatic hydroxyl groups excluding tert-OH is 1. The van der Waals surface area contributed by atoms with Gasteiger partial charge in [0, 0.05) is 6.54 Å². The van der Waals surface area contributed by atoms with Crippen LogP contribution >= 0.6 is 11.6 Å². The topological polar surface area (TPSA) is 95.9 Å². The van der Waals surface area contributed by atoms with Crippen molar-refractivity contribution in [2.75, 3.05) is 44.4 Å². The molecule has 0 aromatic carbocycles. The molecule has 20 heavy (non-hydrogen) atoms. The fourth-order valence-electron chi connectivity index (χ4n) is 2.44. The largest absolute Gasteiger partial charge is 0.395 e. The number of alkyl halides is 1. The minimum absolute atomic E-state index is 0.0801. The van der Waals surface area contributed by atoms with Crippen LogP contribution in [0.1, 0.15) is 0 Å². The number of nitrogens with one attached hydrogen (secondary N) is 1. The highest BCUT2D eigenvalue weighted by atomic mass is 35.5. The van der Waals surface area contributed by atoms with Crippen molar-refractivity contribution in [3.63, 3.8) is 0 Å². The second kappa shape index (κ2) is 6.57. The summed E-state index contributed by atoms with van der Waals surface area (Å²) in [6.07, 6.45) is 0. The number of rotatable bonds is 4. The fourth-order valence-corrected chi connectivity index (χ4v) is 4.99. The summed E-state index contributed by atoms with van der Waals surface area (Å²) in [7, 11) is -3.16. The van der Waals surface area contributed by atoms with Gasteiger partial charge in [-0.2, -0.15) is 0 Å². The Balaban J connectivity index is 1.86. The van der Waals surface area contributed by atoms with Crippen molar-refractivity contribution in [1.82, 2.24) is 10.2 Å². The summed E-state index contributed by atoms with van der Waals surface area (Å²) in [6, 6.07) is -0.739. The molecule has 0 aromatic rings. The van der Waals surface area contributed by atoms with Crippen LogP contribution in [0.15, 0.2) is 0 Å². The van der Waals surface area contributed by atoms with Crippen molar-refractivity contribution in [1.29, 1.82) is 0 Å². The third-order valence-electron chi connectivity index (χ3n) is 3.54. The summed E-state index contributed by atoms with van der Waals surface area (Å²) in [6.45, 7) is 1.49. The van der Waals surface area contributed by atoms with Gasteiger partial charge >= 0.3 is 0 Å². The molecule has 7 nitrogen and oxygen atoms in total. The fraction of sp³-hybridized carbons (Fsp3) is 0.909. The Kier molecular flexibility index (Phi) is 5.25. The number of morpholine rings is 1. The van der Waals surface area contributed by atoms with Gasteiger partial charge < -0.3 is 15.2 Å². The maximum Gasteiger partial charge on any atom is 0.234 e. The smallest absolute Gasteiger partial charge is 0.234 e. The average Bonchev–Trinajstić information content (AvgIpc) is 2.62. The van der Waals surface area contributed by atoms with Crippen molar-refractivity contribution in [3.05, 3.63) is 0 Å². The lowest BCUT2D eigenvalue weighted by atomic mass is 10.2. The van der Waals surface area contributed by atoms with Crippen LogP contribution in [0.4, 0.5) is 0 Å². The van der Waals surface area contributed by atoms with E-state index in [9.17, 15) is 18.3 Å². The summed E-state index contributed by atoms with van der Waals surface area (Å²) in [4.78, 5) is 13.8. The lowest BCUT2D eigenvalue weighted by molar-refractivity contribution is -0.125. The molecule has 0 aliphatic carbocycles. The first-order chi connectivity index (χ1) is 9.41. The van der Waals surface area contributed by atoms with Gasteiger partial charge in [0.2, 0.25) is 5.91 Å². The van der Waals surface area contributed by atoms with Crippen molar-refractivity contribution in [2.24, 2.45) is 0 Å². The van der Waals surface area contributed by atoms with Crippen LogP contribution in [0.5, 0.6) is 0 Å². The number of hydrogen-bond donors (Lipinski definition) is 2. The first-order valence-electron chi connectivity index (χ1n) is 6.48. The van der Waals surface area contributed by atoms with Crippen molar-refractivity contribution in [3.8, 4) is 0 Å². The van der Waals surface area contributed by atoms with Crippen molar-refractivity contribution in [2.45, 2.75) is 17.5 Å². The first-order valence-corrected chi connectivity index (χ1v) is 8.73. The predicted molar refractivity (Wildman–Crippen MR) is 73.5 cm³/mol. The average molecular weight is 327 g/mol. The molecule has 0 bridgehead atoms. The second-order valence-electron chi connectivity index (χ2n) is 5.15.